The lowest BCUT2D eigenvalue weighted by molar-refractivity contribution is 0.192. The van der Waals surface area contributed by atoms with Gasteiger partial charge in [-0.15, -0.1) is 0 Å². The van der Waals surface area contributed by atoms with Crippen molar-refractivity contribution in [3.05, 3.63) is 53.2 Å². The largest absolute Gasteiger partial charge is 0.339 e. The lowest BCUT2D eigenvalue weighted by Crippen LogP contribution is -2.23. The number of aryl methyl sites for hydroxylation is 2. The Morgan fingerprint density at radius 3 is 2.76 bits per heavy atom. The van der Waals surface area contributed by atoms with Gasteiger partial charge in [-0.1, -0.05) is 23.4 Å². The highest BCUT2D eigenvalue weighted by Gasteiger charge is 2.54. The van der Waals surface area contributed by atoms with Gasteiger partial charge in [0.25, 0.3) is 0 Å². The van der Waals surface area contributed by atoms with Gasteiger partial charge in [0.15, 0.2) is 0 Å². The molecule has 0 unspecified atom stereocenters. The monoisotopic (exact) mass is 334 g/mol. The molecule has 1 aromatic carbocycles. The van der Waals surface area contributed by atoms with Crippen molar-refractivity contribution in [2.75, 3.05) is 0 Å². The van der Waals surface area contributed by atoms with Crippen molar-refractivity contribution >= 4 is 0 Å². The molecule has 5 rings (SSSR count). The highest BCUT2D eigenvalue weighted by molar-refractivity contribution is 5.55. The molecule has 2 aliphatic rings. The minimum absolute atomic E-state index is 0.474. The topological polar surface area (TPSA) is 56.7 Å². The first kappa shape index (κ1) is 14.9. The zero-order valence-corrected chi connectivity index (χ0v) is 14.7. The van der Waals surface area contributed by atoms with E-state index in [9.17, 15) is 0 Å². The molecular weight excluding hydrogens is 312 g/mol. The highest BCUT2D eigenvalue weighted by Crippen LogP contribution is 2.65. The van der Waals surface area contributed by atoms with E-state index < -0.39 is 0 Å². The molecule has 1 spiro atoms. The molecule has 3 aromatic rings. The minimum Gasteiger partial charge on any atom is -0.339 e. The second-order valence-corrected chi connectivity index (χ2v) is 7.85. The number of benzene rings is 1. The van der Waals surface area contributed by atoms with Crippen molar-refractivity contribution in [3.8, 4) is 11.4 Å². The van der Waals surface area contributed by atoms with Crippen LogP contribution in [-0.2, 0) is 6.54 Å². The summed E-state index contributed by atoms with van der Waals surface area (Å²) in [5.41, 5.74) is 5.07. The number of hydrogen-bond acceptors (Lipinski definition) is 4. The molecule has 2 saturated carbocycles. The van der Waals surface area contributed by atoms with Crippen molar-refractivity contribution in [1.29, 1.82) is 0 Å². The Morgan fingerprint density at radius 1 is 1.20 bits per heavy atom. The predicted molar refractivity (Wildman–Crippen MR) is 94.2 cm³/mol. The Labute approximate surface area is 147 Å². The molecule has 128 valence electrons. The molecule has 5 nitrogen and oxygen atoms in total. The van der Waals surface area contributed by atoms with Crippen LogP contribution in [0.15, 0.2) is 34.9 Å². The third-order valence-corrected chi connectivity index (χ3v) is 5.73. The fourth-order valence-electron chi connectivity index (χ4n) is 4.08. The van der Waals surface area contributed by atoms with Gasteiger partial charge in [-0.3, -0.25) is 4.68 Å². The van der Waals surface area contributed by atoms with Crippen LogP contribution in [0.1, 0.15) is 54.4 Å². The molecule has 2 aliphatic carbocycles. The van der Waals surface area contributed by atoms with Gasteiger partial charge in [-0.25, -0.2) is 0 Å². The van der Waals surface area contributed by atoms with Crippen molar-refractivity contribution in [1.82, 2.24) is 19.9 Å². The Bertz CT molecular complexity index is 927. The summed E-state index contributed by atoms with van der Waals surface area (Å²) in [4.78, 5) is 4.67. The predicted octanol–water partition coefficient (Wildman–Crippen LogP) is 4.26. The van der Waals surface area contributed by atoms with Crippen molar-refractivity contribution in [2.24, 2.45) is 5.41 Å². The summed E-state index contributed by atoms with van der Waals surface area (Å²) < 4.78 is 7.57. The summed E-state index contributed by atoms with van der Waals surface area (Å²) in [6.07, 6.45) is 5.23. The van der Waals surface area contributed by atoms with E-state index in [0.29, 0.717) is 17.2 Å². The summed E-state index contributed by atoms with van der Waals surface area (Å²) in [5, 5.41) is 8.76. The van der Waals surface area contributed by atoms with Crippen LogP contribution in [0.5, 0.6) is 0 Å². The smallest absolute Gasteiger partial charge is 0.230 e. The molecule has 0 atom stereocenters. The molecule has 0 aliphatic heterocycles. The molecule has 0 radical (unpaired) electrons. The van der Waals surface area contributed by atoms with Crippen LogP contribution < -0.4 is 0 Å². The second-order valence-electron chi connectivity index (χ2n) is 7.85. The van der Waals surface area contributed by atoms with Crippen molar-refractivity contribution in [3.63, 3.8) is 0 Å². The van der Waals surface area contributed by atoms with E-state index in [-0.39, 0.29) is 0 Å². The third-order valence-electron chi connectivity index (χ3n) is 5.73. The van der Waals surface area contributed by atoms with E-state index in [1.165, 1.54) is 36.9 Å². The lowest BCUT2D eigenvalue weighted by atomic mass is 9.72. The lowest BCUT2D eigenvalue weighted by Gasteiger charge is -2.32. The van der Waals surface area contributed by atoms with E-state index in [2.05, 4.69) is 46.4 Å². The molecule has 2 aromatic heterocycles. The standard InChI is InChI=1S/C20H22N4O/c1-13-8-14(2)24(22-13)12-15-4-3-5-16(9-15)18-21-19(25-23-18)17-10-20(11-17)6-7-20/h3-5,8-9,17H,6-7,10-12H2,1-2H3. The molecule has 0 bridgehead atoms. The Hall–Kier alpha value is -2.43. The highest BCUT2D eigenvalue weighted by atomic mass is 16.5. The van der Waals surface area contributed by atoms with Crippen LogP contribution in [0.25, 0.3) is 11.4 Å². The fraction of sp³-hybridized carbons (Fsp3) is 0.450. The van der Waals surface area contributed by atoms with Gasteiger partial charge in [0, 0.05) is 17.2 Å². The van der Waals surface area contributed by atoms with E-state index in [1.807, 2.05) is 17.7 Å². The molecule has 25 heavy (non-hydrogen) atoms. The summed E-state index contributed by atoms with van der Waals surface area (Å²) in [6.45, 7) is 4.86. The average Bonchev–Trinajstić information content (AvgIpc) is 3.11. The zero-order valence-electron chi connectivity index (χ0n) is 14.7. The number of aromatic nitrogens is 4. The zero-order chi connectivity index (χ0) is 17.0. The maximum absolute atomic E-state index is 5.55. The van der Waals surface area contributed by atoms with Crippen molar-refractivity contribution < 1.29 is 4.52 Å². The molecule has 0 saturated heterocycles. The van der Waals surface area contributed by atoms with Gasteiger partial charge in [-0.05, 0) is 62.6 Å². The van der Waals surface area contributed by atoms with Gasteiger partial charge in [0.05, 0.1) is 12.2 Å². The average molecular weight is 334 g/mol. The minimum atomic E-state index is 0.474. The van der Waals surface area contributed by atoms with Crippen LogP contribution in [-0.4, -0.2) is 19.9 Å². The Balaban J connectivity index is 1.36. The third kappa shape index (κ3) is 2.68. The first-order chi connectivity index (χ1) is 12.1. The quantitative estimate of drug-likeness (QED) is 0.715. The molecule has 2 fully saturated rings. The van der Waals surface area contributed by atoms with Crippen molar-refractivity contribution in [2.45, 2.75) is 52.0 Å². The fourth-order valence-corrected chi connectivity index (χ4v) is 4.08. The van der Waals surface area contributed by atoms with E-state index in [0.717, 1.165) is 23.7 Å². The van der Waals surface area contributed by atoms with E-state index in [4.69, 9.17) is 4.52 Å². The second kappa shape index (κ2) is 5.28. The molecule has 2 heterocycles. The summed E-state index contributed by atoms with van der Waals surface area (Å²) in [7, 11) is 0. The van der Waals surface area contributed by atoms with Crippen LogP contribution in [0.4, 0.5) is 0 Å². The normalized spacial score (nSPS) is 18.5. The number of hydrogen-bond donors (Lipinski definition) is 0. The maximum atomic E-state index is 5.55. The Morgan fingerprint density at radius 2 is 2.04 bits per heavy atom. The van der Waals surface area contributed by atoms with E-state index in [1.54, 1.807) is 0 Å². The van der Waals surface area contributed by atoms with Gasteiger partial charge in [0.1, 0.15) is 0 Å². The number of nitrogens with zero attached hydrogens (tertiary/aromatic N) is 4. The summed E-state index contributed by atoms with van der Waals surface area (Å²) >= 11 is 0. The van der Waals surface area contributed by atoms with Crippen LogP contribution in [0, 0.1) is 19.3 Å². The molecule has 5 heteroatoms. The van der Waals surface area contributed by atoms with Crippen LogP contribution in [0.3, 0.4) is 0 Å². The maximum Gasteiger partial charge on any atom is 0.230 e. The van der Waals surface area contributed by atoms with Gasteiger partial charge in [-0.2, -0.15) is 10.1 Å². The molecule has 0 amide bonds. The molecular formula is C20H22N4O. The molecule has 0 N–H and O–H groups in total. The van der Waals surface area contributed by atoms with Gasteiger partial charge < -0.3 is 4.52 Å². The SMILES string of the molecule is Cc1cc(C)n(Cc2cccc(-c3noc(C4CC5(CC5)C4)n3)c2)n1. The first-order valence-corrected chi connectivity index (χ1v) is 9.04. The van der Waals surface area contributed by atoms with Crippen LogP contribution in [0.2, 0.25) is 0 Å². The van der Waals surface area contributed by atoms with E-state index >= 15 is 0 Å². The summed E-state index contributed by atoms with van der Waals surface area (Å²) in [6, 6.07) is 10.4. The summed E-state index contributed by atoms with van der Waals surface area (Å²) in [5.74, 6) is 1.99. The number of rotatable bonds is 4. The Kier molecular flexibility index (Phi) is 3.14. The van der Waals surface area contributed by atoms with Gasteiger partial charge >= 0.3 is 0 Å². The van der Waals surface area contributed by atoms with Crippen LogP contribution >= 0.6 is 0 Å². The first-order valence-electron chi connectivity index (χ1n) is 9.04. The van der Waals surface area contributed by atoms with Gasteiger partial charge in [0.2, 0.25) is 11.7 Å².